The van der Waals surface area contributed by atoms with Gasteiger partial charge in [0, 0.05) is 0 Å². The molecule has 97 valence electrons. The first-order valence-electron chi connectivity index (χ1n) is 6.66. The van der Waals surface area contributed by atoms with E-state index in [1.54, 1.807) is 0 Å². The van der Waals surface area contributed by atoms with Gasteiger partial charge in [-0.25, -0.2) is 0 Å². The molecule has 0 aliphatic rings. The molecule has 0 aliphatic carbocycles. The average Bonchev–Trinajstić information content (AvgIpc) is 2.56. The van der Waals surface area contributed by atoms with Crippen LogP contribution in [0.25, 0.3) is 0 Å². The Kier molecular flexibility index (Phi) is 3.58. The van der Waals surface area contributed by atoms with E-state index in [1.807, 2.05) is 18.2 Å². The van der Waals surface area contributed by atoms with Gasteiger partial charge in [-0.3, -0.25) is 0 Å². The molecule has 1 radical (unpaired) electrons. The van der Waals surface area contributed by atoms with E-state index < -0.39 is 6.89 Å². The van der Waals surface area contributed by atoms with Gasteiger partial charge in [-0.15, -0.1) is 0 Å². The van der Waals surface area contributed by atoms with Gasteiger partial charge < -0.3 is 0 Å². The number of benzene rings is 3. The van der Waals surface area contributed by atoms with E-state index in [0.29, 0.717) is 0 Å². The molecule has 0 nitrogen and oxygen atoms in total. The normalized spacial score (nSPS) is 11.2. The van der Waals surface area contributed by atoms with E-state index in [2.05, 4.69) is 72.8 Å². The zero-order valence-electron chi connectivity index (χ0n) is 11.2. The lowest BCUT2D eigenvalue weighted by atomic mass is 10.4. The van der Waals surface area contributed by atoms with Gasteiger partial charge in [-0.05, 0) is 22.8 Å². The van der Waals surface area contributed by atoms with Gasteiger partial charge in [0.2, 0.25) is 0 Å². The quantitative estimate of drug-likeness (QED) is 0.643. The molecule has 0 fully saturated rings. The molecular weight excluding hydrogens is 259 g/mol. The van der Waals surface area contributed by atoms with Crippen molar-refractivity contribution in [2.75, 3.05) is 0 Å². The first-order valence-corrected chi connectivity index (χ1v) is 8.52. The Hall–Kier alpha value is -2.04. The molecule has 3 aromatic carbocycles. The van der Waals surface area contributed by atoms with Crippen LogP contribution in [0.3, 0.4) is 0 Å². The van der Waals surface area contributed by atoms with Crippen LogP contribution in [0.15, 0.2) is 91.0 Å². The van der Waals surface area contributed by atoms with Gasteiger partial charge in [0.1, 0.15) is 0 Å². The fourth-order valence-corrected chi connectivity index (χ4v) is 5.26. The molecule has 0 heterocycles. The van der Waals surface area contributed by atoms with Crippen LogP contribution in [-0.2, 0) is 0 Å². The Labute approximate surface area is 120 Å². The largest absolute Gasteiger partial charge is 0.0622 e. The fraction of sp³-hybridized carbons (Fsp3) is 0. The Morgan fingerprint density at radius 1 is 0.450 bits per heavy atom. The van der Waals surface area contributed by atoms with E-state index in [4.69, 9.17) is 6.30 Å². The minimum Gasteiger partial charge on any atom is -0.0622 e. The summed E-state index contributed by atoms with van der Waals surface area (Å²) >= 11 is 0. The summed E-state index contributed by atoms with van der Waals surface area (Å²) in [6.45, 7) is -2.03. The summed E-state index contributed by atoms with van der Waals surface area (Å²) in [6, 6.07) is 31.2. The van der Waals surface area contributed by atoms with E-state index in [9.17, 15) is 0 Å². The van der Waals surface area contributed by atoms with E-state index >= 15 is 0 Å². The molecule has 0 atom stereocenters. The van der Waals surface area contributed by atoms with Crippen molar-refractivity contribution in [1.29, 1.82) is 0 Å². The number of hydrogen-bond acceptors (Lipinski definition) is 0. The molecule has 0 unspecified atom stereocenters. The van der Waals surface area contributed by atoms with Crippen molar-refractivity contribution in [1.82, 2.24) is 0 Å². The summed E-state index contributed by atoms with van der Waals surface area (Å²) in [6.07, 6.45) is 6.97. The highest BCUT2D eigenvalue weighted by Gasteiger charge is 2.21. The monoisotopic (exact) mass is 275 g/mol. The highest BCUT2D eigenvalue weighted by Crippen LogP contribution is 2.41. The Balaban J connectivity index is 2.27. The maximum atomic E-state index is 6.97. The first-order chi connectivity index (χ1) is 9.82. The van der Waals surface area contributed by atoms with Gasteiger partial charge in [0.05, 0.1) is 0 Å². The Morgan fingerprint density at radius 2 is 0.700 bits per heavy atom. The third kappa shape index (κ3) is 2.24. The highest BCUT2D eigenvalue weighted by molar-refractivity contribution is 7.93. The van der Waals surface area contributed by atoms with Gasteiger partial charge in [-0.2, -0.15) is 0 Å². The molecule has 3 aromatic rings. The molecule has 0 N–H and O–H groups in total. The molecule has 1 heteroatoms. The van der Waals surface area contributed by atoms with E-state index in [-0.39, 0.29) is 0 Å². The van der Waals surface area contributed by atoms with Crippen molar-refractivity contribution >= 4 is 29.1 Å². The first kappa shape index (κ1) is 13.0. The van der Waals surface area contributed by atoms with Crippen molar-refractivity contribution in [2.24, 2.45) is 0 Å². The van der Waals surface area contributed by atoms with Gasteiger partial charge in [-0.1, -0.05) is 97.3 Å². The van der Waals surface area contributed by atoms with Gasteiger partial charge in [0.25, 0.3) is 0 Å². The molecule has 0 spiro atoms. The Bertz CT molecular complexity index is 612. The minimum atomic E-state index is -2.03. The van der Waals surface area contributed by atoms with Crippen molar-refractivity contribution in [2.45, 2.75) is 0 Å². The summed E-state index contributed by atoms with van der Waals surface area (Å²) in [5.41, 5.74) is 0. The standard InChI is InChI=1S/C19H16P/c1-20(17-11-5-2-6-12-17,18-13-7-3-8-14-18)19-15-9-4-10-16-19/h1-16H. The van der Waals surface area contributed by atoms with Crippen molar-refractivity contribution < 1.29 is 0 Å². The predicted octanol–water partition coefficient (Wildman–Crippen LogP) is 3.29. The summed E-state index contributed by atoms with van der Waals surface area (Å²) < 4.78 is 0. The molecule has 3 rings (SSSR count). The SMILES string of the molecule is [CH]=P(c1ccccc1)(c1ccccc1)c1ccccc1. The molecule has 0 aromatic heterocycles. The fourth-order valence-electron chi connectivity index (χ4n) is 2.44. The lowest BCUT2D eigenvalue weighted by Crippen LogP contribution is -2.25. The molecule has 0 amide bonds. The van der Waals surface area contributed by atoms with Crippen molar-refractivity contribution in [3.05, 3.63) is 91.0 Å². The summed E-state index contributed by atoms with van der Waals surface area (Å²) in [5, 5.41) is 3.62. The predicted molar refractivity (Wildman–Crippen MR) is 91.2 cm³/mol. The summed E-state index contributed by atoms with van der Waals surface area (Å²) in [7, 11) is 0. The van der Waals surface area contributed by atoms with E-state index in [0.717, 1.165) is 0 Å². The lowest BCUT2D eigenvalue weighted by Gasteiger charge is -2.26. The molecule has 0 saturated carbocycles. The summed E-state index contributed by atoms with van der Waals surface area (Å²) in [4.78, 5) is 0. The molecule has 0 bridgehead atoms. The number of rotatable bonds is 3. The van der Waals surface area contributed by atoms with Crippen molar-refractivity contribution in [3.63, 3.8) is 0 Å². The Morgan fingerprint density at radius 3 is 0.950 bits per heavy atom. The van der Waals surface area contributed by atoms with Gasteiger partial charge >= 0.3 is 0 Å². The van der Waals surface area contributed by atoms with Crippen LogP contribution in [0.5, 0.6) is 0 Å². The minimum absolute atomic E-state index is 1.21. The van der Waals surface area contributed by atoms with Crippen LogP contribution in [0.1, 0.15) is 0 Å². The second kappa shape index (κ2) is 5.53. The average molecular weight is 275 g/mol. The van der Waals surface area contributed by atoms with Crippen LogP contribution < -0.4 is 15.9 Å². The smallest absolute Gasteiger partial charge is 0.0160 e. The molecule has 0 aliphatic heterocycles. The molecule has 20 heavy (non-hydrogen) atoms. The third-order valence-corrected chi connectivity index (χ3v) is 6.83. The van der Waals surface area contributed by atoms with Gasteiger partial charge in [0.15, 0.2) is 0 Å². The van der Waals surface area contributed by atoms with Crippen LogP contribution in [-0.4, -0.2) is 6.30 Å². The second-order valence-electron chi connectivity index (χ2n) is 4.73. The van der Waals surface area contributed by atoms with Crippen LogP contribution in [0, 0.1) is 0 Å². The lowest BCUT2D eigenvalue weighted by molar-refractivity contribution is 1.73. The molecule has 0 saturated heterocycles. The number of hydrogen-bond donors (Lipinski definition) is 0. The molecular formula is C19H16P. The second-order valence-corrected chi connectivity index (χ2v) is 7.72. The third-order valence-electron chi connectivity index (χ3n) is 3.49. The van der Waals surface area contributed by atoms with Crippen LogP contribution in [0.2, 0.25) is 0 Å². The summed E-state index contributed by atoms with van der Waals surface area (Å²) in [5.74, 6) is 0. The zero-order valence-corrected chi connectivity index (χ0v) is 12.1. The zero-order chi connectivity index (χ0) is 13.8. The topological polar surface area (TPSA) is 0 Å². The van der Waals surface area contributed by atoms with Crippen LogP contribution in [0.4, 0.5) is 0 Å². The van der Waals surface area contributed by atoms with E-state index in [1.165, 1.54) is 15.9 Å². The maximum Gasteiger partial charge on any atom is -0.0160 e. The highest BCUT2D eigenvalue weighted by atomic mass is 31.2. The van der Waals surface area contributed by atoms with Crippen LogP contribution >= 0.6 is 6.89 Å². The maximum absolute atomic E-state index is 6.97. The van der Waals surface area contributed by atoms with Crippen molar-refractivity contribution in [3.8, 4) is 0 Å².